The zero-order valence-electron chi connectivity index (χ0n) is 12.2. The Morgan fingerprint density at radius 2 is 2.10 bits per heavy atom. The Bertz CT molecular complexity index is 636. The van der Waals surface area contributed by atoms with Gasteiger partial charge in [0.1, 0.15) is 5.60 Å². The van der Waals surface area contributed by atoms with Gasteiger partial charge in [0.15, 0.2) is 5.01 Å². The van der Waals surface area contributed by atoms with Gasteiger partial charge in [-0.3, -0.25) is 5.32 Å². The molecule has 2 aromatic heterocycles. The van der Waals surface area contributed by atoms with Crippen LogP contribution in [0.3, 0.4) is 0 Å². The summed E-state index contributed by atoms with van der Waals surface area (Å²) < 4.78 is 10.3. The largest absolute Gasteiger partial charge is 0.480 e. The Kier molecular flexibility index (Phi) is 4.37. The number of rotatable bonds is 3. The summed E-state index contributed by atoms with van der Waals surface area (Å²) in [6, 6.07) is 3.60. The smallest absolute Gasteiger partial charge is 0.414 e. The molecule has 112 valence electrons. The fourth-order valence-corrected chi connectivity index (χ4v) is 2.24. The summed E-state index contributed by atoms with van der Waals surface area (Å²) >= 11 is 1.22. The molecule has 21 heavy (non-hydrogen) atoms. The summed E-state index contributed by atoms with van der Waals surface area (Å²) in [5, 5.41) is 11.4. The highest BCUT2D eigenvalue weighted by Gasteiger charge is 2.18. The minimum atomic E-state index is -0.566. The van der Waals surface area contributed by atoms with Crippen LogP contribution in [0.15, 0.2) is 18.3 Å². The van der Waals surface area contributed by atoms with E-state index in [4.69, 9.17) is 9.47 Å². The van der Waals surface area contributed by atoms with Crippen LogP contribution < -0.4 is 10.1 Å². The standard InChI is InChI=1S/C13H16N4O3S/c1-13(2,3)20-12(18)15-11-17-16-10(21-11)8-6-5-7-14-9(8)19-4/h5-7H,1-4H3,(H,15,17,18). The summed E-state index contributed by atoms with van der Waals surface area (Å²) in [6.45, 7) is 5.37. The first-order chi connectivity index (χ1) is 9.89. The number of ether oxygens (including phenoxy) is 2. The average Bonchev–Trinajstić information content (AvgIpc) is 2.84. The van der Waals surface area contributed by atoms with Gasteiger partial charge in [0.25, 0.3) is 0 Å². The molecule has 8 heteroatoms. The second kappa shape index (κ2) is 6.04. The third-order valence-electron chi connectivity index (χ3n) is 2.23. The van der Waals surface area contributed by atoms with Crippen LogP contribution in [-0.4, -0.2) is 34.0 Å². The number of hydrogen-bond donors (Lipinski definition) is 1. The molecular weight excluding hydrogens is 292 g/mol. The van der Waals surface area contributed by atoms with Crippen molar-refractivity contribution in [2.45, 2.75) is 26.4 Å². The van der Waals surface area contributed by atoms with Crippen LogP contribution in [0.5, 0.6) is 5.88 Å². The quantitative estimate of drug-likeness (QED) is 0.938. The summed E-state index contributed by atoms with van der Waals surface area (Å²) in [7, 11) is 1.53. The molecule has 0 aromatic carbocycles. The normalized spacial score (nSPS) is 11.0. The molecule has 0 unspecified atom stereocenters. The van der Waals surface area contributed by atoms with Crippen LogP contribution in [0.25, 0.3) is 10.6 Å². The van der Waals surface area contributed by atoms with Crippen LogP contribution in [0.2, 0.25) is 0 Å². The summed E-state index contributed by atoms with van der Waals surface area (Å²) in [5.74, 6) is 0.456. The molecule has 2 aromatic rings. The molecule has 2 rings (SSSR count). The van der Waals surface area contributed by atoms with Gasteiger partial charge in [-0.15, -0.1) is 10.2 Å². The van der Waals surface area contributed by atoms with Gasteiger partial charge in [0.2, 0.25) is 11.0 Å². The van der Waals surface area contributed by atoms with Crippen molar-refractivity contribution in [3.63, 3.8) is 0 Å². The molecule has 0 bridgehead atoms. The summed E-state index contributed by atoms with van der Waals surface area (Å²) in [4.78, 5) is 15.8. The second-order valence-electron chi connectivity index (χ2n) is 5.10. The maximum atomic E-state index is 11.7. The Morgan fingerprint density at radius 1 is 1.33 bits per heavy atom. The molecule has 7 nitrogen and oxygen atoms in total. The molecule has 2 heterocycles. The van der Waals surface area contributed by atoms with Crippen LogP contribution in [0, 0.1) is 0 Å². The summed E-state index contributed by atoms with van der Waals surface area (Å²) in [6.07, 6.45) is 1.06. The molecule has 0 fully saturated rings. The third-order valence-corrected chi connectivity index (χ3v) is 3.10. The number of hydrogen-bond acceptors (Lipinski definition) is 7. The number of amides is 1. The highest BCUT2D eigenvalue weighted by Crippen LogP contribution is 2.31. The molecule has 0 saturated heterocycles. The van der Waals surface area contributed by atoms with Crippen molar-refractivity contribution >= 4 is 22.6 Å². The van der Waals surface area contributed by atoms with E-state index in [1.807, 2.05) is 6.07 Å². The van der Waals surface area contributed by atoms with Crippen LogP contribution in [0.4, 0.5) is 9.93 Å². The van der Waals surface area contributed by atoms with Gasteiger partial charge in [-0.1, -0.05) is 11.3 Å². The average molecular weight is 308 g/mol. The molecule has 0 spiro atoms. The number of pyridine rings is 1. The van der Waals surface area contributed by atoms with E-state index in [2.05, 4.69) is 20.5 Å². The lowest BCUT2D eigenvalue weighted by Gasteiger charge is -2.18. The van der Waals surface area contributed by atoms with Gasteiger partial charge < -0.3 is 9.47 Å². The number of nitrogens with one attached hydrogen (secondary N) is 1. The molecule has 0 radical (unpaired) electrons. The first-order valence-corrected chi connectivity index (χ1v) is 7.03. The van der Waals surface area contributed by atoms with Crippen LogP contribution >= 0.6 is 11.3 Å². The van der Waals surface area contributed by atoms with Crippen molar-refractivity contribution in [2.75, 3.05) is 12.4 Å². The zero-order chi connectivity index (χ0) is 15.5. The molecule has 1 amide bonds. The molecule has 0 saturated carbocycles. The van der Waals surface area contributed by atoms with E-state index in [9.17, 15) is 4.79 Å². The molecule has 0 aliphatic heterocycles. The monoisotopic (exact) mass is 308 g/mol. The fourth-order valence-electron chi connectivity index (χ4n) is 1.49. The Hall–Kier alpha value is -2.22. The van der Waals surface area contributed by atoms with E-state index in [0.717, 1.165) is 5.56 Å². The predicted octanol–water partition coefficient (Wildman–Crippen LogP) is 2.96. The molecule has 0 aliphatic carbocycles. The van der Waals surface area contributed by atoms with Crippen molar-refractivity contribution in [3.8, 4) is 16.5 Å². The highest BCUT2D eigenvalue weighted by molar-refractivity contribution is 7.18. The Balaban J connectivity index is 2.13. The number of aromatic nitrogens is 3. The topological polar surface area (TPSA) is 86.2 Å². The van der Waals surface area contributed by atoms with E-state index >= 15 is 0 Å². The van der Waals surface area contributed by atoms with E-state index < -0.39 is 11.7 Å². The first-order valence-electron chi connectivity index (χ1n) is 6.22. The van der Waals surface area contributed by atoms with Gasteiger partial charge in [-0.25, -0.2) is 9.78 Å². The summed E-state index contributed by atoms with van der Waals surface area (Å²) in [5.41, 5.74) is 0.152. The lowest BCUT2D eigenvalue weighted by Crippen LogP contribution is -2.27. The van der Waals surface area contributed by atoms with E-state index in [1.54, 1.807) is 33.0 Å². The number of nitrogens with zero attached hydrogens (tertiary/aromatic N) is 3. The SMILES string of the molecule is COc1ncccc1-c1nnc(NC(=O)OC(C)(C)C)s1. The number of methoxy groups -OCH3 is 1. The lowest BCUT2D eigenvalue weighted by molar-refractivity contribution is 0.0636. The van der Waals surface area contributed by atoms with Crippen molar-refractivity contribution in [2.24, 2.45) is 0 Å². The van der Waals surface area contributed by atoms with Crippen molar-refractivity contribution in [1.82, 2.24) is 15.2 Å². The van der Waals surface area contributed by atoms with Crippen LogP contribution in [-0.2, 0) is 4.74 Å². The molecule has 0 aliphatic rings. The van der Waals surface area contributed by atoms with Crippen molar-refractivity contribution < 1.29 is 14.3 Å². The van der Waals surface area contributed by atoms with Gasteiger partial charge in [0, 0.05) is 6.20 Å². The van der Waals surface area contributed by atoms with E-state index in [0.29, 0.717) is 16.0 Å². The number of carbonyl (C=O) groups excluding carboxylic acids is 1. The molecule has 0 atom stereocenters. The Labute approximate surface area is 126 Å². The first kappa shape index (κ1) is 15.2. The molecule has 1 N–H and O–H groups in total. The highest BCUT2D eigenvalue weighted by atomic mass is 32.1. The van der Waals surface area contributed by atoms with E-state index in [-0.39, 0.29) is 0 Å². The van der Waals surface area contributed by atoms with Crippen molar-refractivity contribution in [3.05, 3.63) is 18.3 Å². The maximum absolute atomic E-state index is 11.7. The Morgan fingerprint density at radius 3 is 2.76 bits per heavy atom. The fraction of sp³-hybridized carbons (Fsp3) is 0.385. The maximum Gasteiger partial charge on any atom is 0.414 e. The number of anilines is 1. The molecular formula is C13H16N4O3S. The lowest BCUT2D eigenvalue weighted by atomic mass is 10.2. The predicted molar refractivity (Wildman–Crippen MR) is 79.5 cm³/mol. The van der Waals surface area contributed by atoms with Gasteiger partial charge >= 0.3 is 6.09 Å². The minimum absolute atomic E-state index is 0.352. The van der Waals surface area contributed by atoms with Gasteiger partial charge in [0.05, 0.1) is 12.7 Å². The van der Waals surface area contributed by atoms with Crippen molar-refractivity contribution in [1.29, 1.82) is 0 Å². The second-order valence-corrected chi connectivity index (χ2v) is 6.08. The zero-order valence-corrected chi connectivity index (χ0v) is 13.0. The van der Waals surface area contributed by atoms with Crippen LogP contribution in [0.1, 0.15) is 20.8 Å². The minimum Gasteiger partial charge on any atom is -0.480 e. The number of carbonyl (C=O) groups is 1. The third kappa shape index (κ3) is 4.12. The van der Waals surface area contributed by atoms with E-state index in [1.165, 1.54) is 18.4 Å². The van der Waals surface area contributed by atoms with Gasteiger partial charge in [-0.05, 0) is 32.9 Å². The van der Waals surface area contributed by atoms with Gasteiger partial charge in [-0.2, -0.15) is 0 Å².